The van der Waals surface area contributed by atoms with Crippen LogP contribution in [0.3, 0.4) is 0 Å². The summed E-state index contributed by atoms with van der Waals surface area (Å²) in [6.07, 6.45) is 0.338. The molecule has 0 fully saturated rings. The highest BCUT2D eigenvalue weighted by Gasteiger charge is 2.33. The van der Waals surface area contributed by atoms with Gasteiger partial charge >= 0.3 is 5.97 Å². The molecule has 1 aromatic rings. The third-order valence-electron chi connectivity index (χ3n) is 4.16. The maximum Gasteiger partial charge on any atom is 0.326 e. The normalized spacial score (nSPS) is 13.3. The zero-order valence-corrected chi connectivity index (χ0v) is 16.2. The van der Waals surface area contributed by atoms with E-state index in [0.29, 0.717) is 13.0 Å². The Hall–Kier alpha value is -2.37. The van der Waals surface area contributed by atoms with Gasteiger partial charge in [-0.2, -0.15) is 0 Å². The van der Waals surface area contributed by atoms with Gasteiger partial charge in [-0.1, -0.05) is 58.0 Å². The second-order valence-electron chi connectivity index (χ2n) is 7.35. The molecule has 0 aromatic heterocycles. The van der Waals surface area contributed by atoms with Crippen molar-refractivity contribution in [2.75, 3.05) is 0 Å². The molecule has 0 saturated carbocycles. The van der Waals surface area contributed by atoms with E-state index in [1.54, 1.807) is 0 Å². The molecule has 0 aliphatic heterocycles. The van der Waals surface area contributed by atoms with E-state index in [0.717, 1.165) is 5.56 Å². The average molecular weight is 362 g/mol. The molecule has 2 unspecified atom stereocenters. The van der Waals surface area contributed by atoms with Gasteiger partial charge in [0.1, 0.15) is 12.1 Å². The van der Waals surface area contributed by atoms with Gasteiger partial charge in [-0.3, -0.25) is 9.59 Å². The highest BCUT2D eigenvalue weighted by molar-refractivity contribution is 5.90. The number of nitrogens with one attached hydrogen (secondary N) is 1. The van der Waals surface area contributed by atoms with Crippen LogP contribution < -0.4 is 5.32 Å². The molecule has 0 heterocycles. The molecule has 0 aliphatic rings. The maximum absolute atomic E-state index is 12.8. The zero-order valence-electron chi connectivity index (χ0n) is 16.2. The van der Waals surface area contributed by atoms with E-state index in [1.165, 1.54) is 11.8 Å². The van der Waals surface area contributed by atoms with E-state index in [2.05, 4.69) is 5.32 Å². The smallest absolute Gasteiger partial charge is 0.326 e. The van der Waals surface area contributed by atoms with Crippen LogP contribution in [0, 0.1) is 11.8 Å². The second kappa shape index (κ2) is 9.94. The van der Waals surface area contributed by atoms with Crippen LogP contribution in [0.1, 0.15) is 46.6 Å². The zero-order chi connectivity index (χ0) is 19.9. The van der Waals surface area contributed by atoms with E-state index in [-0.39, 0.29) is 17.7 Å². The van der Waals surface area contributed by atoms with Gasteiger partial charge in [0.05, 0.1) is 0 Å². The summed E-state index contributed by atoms with van der Waals surface area (Å²) in [4.78, 5) is 38.0. The molecule has 0 saturated heterocycles. The molecular weight excluding hydrogens is 332 g/mol. The fraction of sp³-hybridized carbons (Fsp3) is 0.550. The first kappa shape index (κ1) is 21.7. The van der Waals surface area contributed by atoms with Gasteiger partial charge in [0, 0.05) is 13.5 Å². The minimum absolute atomic E-state index is 0.127. The molecule has 1 rings (SSSR count). The number of benzene rings is 1. The monoisotopic (exact) mass is 362 g/mol. The highest BCUT2D eigenvalue weighted by atomic mass is 16.4. The number of hydrogen-bond acceptors (Lipinski definition) is 3. The average Bonchev–Trinajstić information content (AvgIpc) is 2.53. The highest BCUT2D eigenvalue weighted by Crippen LogP contribution is 2.17. The van der Waals surface area contributed by atoms with Crippen molar-refractivity contribution in [1.29, 1.82) is 0 Å². The minimum Gasteiger partial charge on any atom is -0.480 e. The number of carboxylic acids is 1. The van der Waals surface area contributed by atoms with Crippen LogP contribution in [0.2, 0.25) is 0 Å². The van der Waals surface area contributed by atoms with Crippen molar-refractivity contribution < 1.29 is 19.5 Å². The lowest BCUT2D eigenvalue weighted by atomic mass is 9.98. The molecule has 0 spiro atoms. The van der Waals surface area contributed by atoms with Crippen LogP contribution >= 0.6 is 0 Å². The number of amides is 2. The van der Waals surface area contributed by atoms with E-state index in [1.807, 2.05) is 58.0 Å². The standard InChI is InChI=1S/C20H30N2O4/c1-13(2)11-17(20(25)26)21-19(24)18(14(3)4)22(15(5)23)12-16-9-7-6-8-10-16/h6-10,13-14,17-18H,11-12H2,1-5H3,(H,21,24)(H,25,26). The lowest BCUT2D eigenvalue weighted by Gasteiger charge is -2.33. The molecular formula is C20H30N2O4. The first-order valence-corrected chi connectivity index (χ1v) is 8.97. The number of rotatable bonds is 9. The van der Waals surface area contributed by atoms with Crippen molar-refractivity contribution in [3.8, 4) is 0 Å². The van der Waals surface area contributed by atoms with Crippen molar-refractivity contribution in [3.05, 3.63) is 35.9 Å². The number of aliphatic carboxylic acids is 1. The van der Waals surface area contributed by atoms with E-state index < -0.39 is 24.0 Å². The SMILES string of the molecule is CC(=O)N(Cc1ccccc1)C(C(=O)NC(CC(C)C)C(=O)O)C(C)C. The summed E-state index contributed by atoms with van der Waals surface area (Å²) in [7, 11) is 0. The van der Waals surface area contributed by atoms with E-state index >= 15 is 0 Å². The Bertz CT molecular complexity index is 613. The van der Waals surface area contributed by atoms with Gasteiger partial charge in [-0.05, 0) is 23.8 Å². The Labute approximate surface area is 155 Å². The van der Waals surface area contributed by atoms with Crippen molar-refractivity contribution in [2.24, 2.45) is 11.8 Å². The summed E-state index contributed by atoms with van der Waals surface area (Å²) in [6, 6.07) is 7.73. The lowest BCUT2D eigenvalue weighted by Crippen LogP contribution is -2.55. The van der Waals surface area contributed by atoms with Gasteiger partial charge in [-0.15, -0.1) is 0 Å². The van der Waals surface area contributed by atoms with Crippen LogP contribution in [0.15, 0.2) is 30.3 Å². The Kier molecular flexibility index (Phi) is 8.29. The summed E-state index contributed by atoms with van der Waals surface area (Å²) in [6.45, 7) is 9.23. The van der Waals surface area contributed by atoms with Crippen LogP contribution in [-0.4, -0.2) is 39.9 Å². The fourth-order valence-electron chi connectivity index (χ4n) is 2.94. The third-order valence-corrected chi connectivity index (χ3v) is 4.16. The van der Waals surface area contributed by atoms with Crippen LogP contribution in [0.4, 0.5) is 0 Å². The van der Waals surface area contributed by atoms with Crippen molar-refractivity contribution in [1.82, 2.24) is 10.2 Å². The Morgan fingerprint density at radius 3 is 2.08 bits per heavy atom. The molecule has 0 radical (unpaired) electrons. The minimum atomic E-state index is -1.06. The number of hydrogen-bond donors (Lipinski definition) is 2. The quantitative estimate of drug-likeness (QED) is 0.707. The summed E-state index contributed by atoms with van der Waals surface area (Å²) >= 11 is 0. The Morgan fingerprint density at radius 1 is 1.08 bits per heavy atom. The van der Waals surface area contributed by atoms with Crippen LogP contribution in [0.5, 0.6) is 0 Å². The van der Waals surface area contributed by atoms with Crippen molar-refractivity contribution in [3.63, 3.8) is 0 Å². The summed E-state index contributed by atoms with van der Waals surface area (Å²) in [5.74, 6) is -1.75. The second-order valence-corrected chi connectivity index (χ2v) is 7.35. The first-order valence-electron chi connectivity index (χ1n) is 8.97. The van der Waals surface area contributed by atoms with Gasteiger partial charge in [-0.25, -0.2) is 4.79 Å². The van der Waals surface area contributed by atoms with Crippen LogP contribution in [0.25, 0.3) is 0 Å². The van der Waals surface area contributed by atoms with E-state index in [4.69, 9.17) is 0 Å². The van der Waals surface area contributed by atoms with E-state index in [9.17, 15) is 19.5 Å². The lowest BCUT2D eigenvalue weighted by molar-refractivity contribution is -0.146. The fourth-order valence-corrected chi connectivity index (χ4v) is 2.94. The number of carbonyl (C=O) groups excluding carboxylic acids is 2. The molecule has 6 heteroatoms. The van der Waals surface area contributed by atoms with Gasteiger partial charge in [0.2, 0.25) is 11.8 Å². The molecule has 0 aliphatic carbocycles. The third kappa shape index (κ3) is 6.50. The molecule has 2 atom stereocenters. The summed E-state index contributed by atoms with van der Waals surface area (Å²) in [5, 5.41) is 12.0. The van der Waals surface area contributed by atoms with Gasteiger partial charge in [0.15, 0.2) is 0 Å². The van der Waals surface area contributed by atoms with Gasteiger partial charge < -0.3 is 15.3 Å². The summed E-state index contributed by atoms with van der Waals surface area (Å²) in [5.41, 5.74) is 0.915. The van der Waals surface area contributed by atoms with Crippen molar-refractivity contribution >= 4 is 17.8 Å². The molecule has 2 N–H and O–H groups in total. The maximum atomic E-state index is 12.8. The predicted octanol–water partition coefficient (Wildman–Crippen LogP) is 2.68. The Morgan fingerprint density at radius 2 is 1.65 bits per heavy atom. The summed E-state index contributed by atoms with van der Waals surface area (Å²) < 4.78 is 0. The molecule has 2 amide bonds. The van der Waals surface area contributed by atoms with Crippen LogP contribution in [-0.2, 0) is 20.9 Å². The number of carbonyl (C=O) groups is 3. The van der Waals surface area contributed by atoms with Gasteiger partial charge in [0.25, 0.3) is 0 Å². The molecule has 1 aromatic carbocycles. The topological polar surface area (TPSA) is 86.7 Å². The number of nitrogens with zero attached hydrogens (tertiary/aromatic N) is 1. The molecule has 144 valence electrons. The Balaban J connectivity index is 3.03. The largest absolute Gasteiger partial charge is 0.480 e. The molecule has 6 nitrogen and oxygen atoms in total. The first-order chi connectivity index (χ1) is 12.1. The predicted molar refractivity (Wildman–Crippen MR) is 100 cm³/mol. The number of carboxylic acid groups (broad SMARTS) is 1. The molecule has 0 bridgehead atoms. The molecule has 26 heavy (non-hydrogen) atoms. The van der Waals surface area contributed by atoms with Crippen molar-refractivity contribution in [2.45, 2.75) is 59.7 Å².